The van der Waals surface area contributed by atoms with E-state index in [0.29, 0.717) is 42.5 Å². The number of benzene rings is 2. The Labute approximate surface area is 160 Å². The Balaban J connectivity index is 1.41. The maximum Gasteiger partial charge on any atom is 0.319 e. The predicted octanol–water partition coefficient (Wildman–Crippen LogP) is 4.08. The van der Waals surface area contributed by atoms with E-state index in [1.165, 1.54) is 6.07 Å². The van der Waals surface area contributed by atoms with Gasteiger partial charge in [0.2, 0.25) is 11.8 Å². The predicted molar refractivity (Wildman–Crippen MR) is 101 cm³/mol. The Hall–Kier alpha value is -3.42. The van der Waals surface area contributed by atoms with Crippen molar-refractivity contribution in [3.8, 4) is 17.2 Å². The number of rotatable bonds is 4. The highest BCUT2D eigenvalue weighted by Gasteiger charge is 2.25. The van der Waals surface area contributed by atoms with E-state index in [2.05, 4.69) is 20.8 Å². The third kappa shape index (κ3) is 3.66. The summed E-state index contributed by atoms with van der Waals surface area (Å²) in [5.41, 5.74) is 2.02. The fourth-order valence-corrected chi connectivity index (χ4v) is 3.07. The molecule has 0 saturated carbocycles. The van der Waals surface area contributed by atoms with E-state index in [-0.39, 0.29) is 17.8 Å². The van der Waals surface area contributed by atoms with Gasteiger partial charge in [-0.2, -0.15) is 0 Å². The first-order valence-corrected chi connectivity index (χ1v) is 9.05. The number of fused-ring (bicyclic) bond motifs is 1. The van der Waals surface area contributed by atoms with Crippen LogP contribution in [0.4, 0.5) is 14.9 Å². The Morgan fingerprint density at radius 1 is 1.21 bits per heavy atom. The number of halogens is 1. The lowest BCUT2D eigenvalue weighted by atomic mass is 10.0. The molecule has 0 fully saturated rings. The van der Waals surface area contributed by atoms with Crippen LogP contribution in [-0.4, -0.2) is 22.8 Å². The first-order valence-electron chi connectivity index (χ1n) is 9.05. The normalized spacial score (nSPS) is 15.4. The first kappa shape index (κ1) is 18.0. The monoisotopic (exact) mass is 382 g/mol. The number of carbonyl (C=O) groups excluding carboxylic acids is 1. The van der Waals surface area contributed by atoms with Gasteiger partial charge in [0.25, 0.3) is 0 Å². The average molecular weight is 382 g/mol. The lowest BCUT2D eigenvalue weighted by Crippen LogP contribution is -2.35. The van der Waals surface area contributed by atoms with Crippen LogP contribution in [0.25, 0.3) is 11.5 Å². The SMILES string of the molecule is CCc1nnc(-c2ccc(NC(=O)N[C@H]3CCOc4c(F)cccc43)cc2)o1. The number of para-hydroxylation sites is 1. The van der Waals surface area contributed by atoms with Gasteiger partial charge < -0.3 is 19.8 Å². The van der Waals surface area contributed by atoms with Crippen LogP contribution in [0.3, 0.4) is 0 Å². The summed E-state index contributed by atoms with van der Waals surface area (Å²) in [4.78, 5) is 12.4. The van der Waals surface area contributed by atoms with Gasteiger partial charge in [0.15, 0.2) is 11.6 Å². The smallest absolute Gasteiger partial charge is 0.319 e. The van der Waals surface area contributed by atoms with Crippen molar-refractivity contribution in [2.24, 2.45) is 0 Å². The van der Waals surface area contributed by atoms with Crippen molar-refractivity contribution in [3.05, 3.63) is 59.7 Å². The van der Waals surface area contributed by atoms with E-state index >= 15 is 0 Å². The molecular weight excluding hydrogens is 363 g/mol. The van der Waals surface area contributed by atoms with Gasteiger partial charge in [-0.25, -0.2) is 9.18 Å². The summed E-state index contributed by atoms with van der Waals surface area (Å²) < 4.78 is 24.8. The van der Waals surface area contributed by atoms with Crippen LogP contribution in [-0.2, 0) is 6.42 Å². The number of hydrogen-bond donors (Lipinski definition) is 2. The molecule has 0 aliphatic carbocycles. The standard InChI is InChI=1S/C20H19FN4O3/c1-2-17-24-25-19(28-17)12-6-8-13(9-7-12)22-20(26)23-16-10-11-27-18-14(16)4-3-5-15(18)21/h3-9,16H,2,10-11H2,1H3,(H2,22,23,26)/t16-/m0/s1. The highest BCUT2D eigenvalue weighted by Crippen LogP contribution is 2.34. The molecule has 28 heavy (non-hydrogen) atoms. The minimum atomic E-state index is -0.424. The Kier molecular flexibility index (Phi) is 4.92. The second kappa shape index (κ2) is 7.67. The molecule has 1 atom stereocenters. The molecule has 4 rings (SSSR count). The summed E-state index contributed by atoms with van der Waals surface area (Å²) in [6, 6.07) is 11.1. The molecule has 144 valence electrons. The molecule has 2 aromatic carbocycles. The number of urea groups is 1. The zero-order valence-corrected chi connectivity index (χ0v) is 15.2. The van der Waals surface area contributed by atoms with Crippen molar-refractivity contribution in [3.63, 3.8) is 0 Å². The summed E-state index contributed by atoms with van der Waals surface area (Å²) >= 11 is 0. The van der Waals surface area contributed by atoms with Crippen molar-refractivity contribution in [1.29, 1.82) is 0 Å². The molecule has 3 aromatic rings. The zero-order valence-electron chi connectivity index (χ0n) is 15.2. The summed E-state index contributed by atoms with van der Waals surface area (Å²) in [5, 5.41) is 13.6. The minimum Gasteiger partial charge on any atom is -0.490 e. The number of anilines is 1. The van der Waals surface area contributed by atoms with Gasteiger partial charge >= 0.3 is 6.03 Å². The van der Waals surface area contributed by atoms with Crippen molar-refractivity contribution in [1.82, 2.24) is 15.5 Å². The Bertz CT molecular complexity index is 987. The molecule has 2 amide bonds. The van der Waals surface area contributed by atoms with E-state index in [1.807, 2.05) is 6.92 Å². The summed E-state index contributed by atoms with van der Waals surface area (Å²) in [6.45, 7) is 2.28. The van der Waals surface area contributed by atoms with E-state index in [0.717, 1.165) is 5.56 Å². The van der Waals surface area contributed by atoms with Gasteiger partial charge in [0.1, 0.15) is 0 Å². The zero-order chi connectivity index (χ0) is 19.5. The van der Waals surface area contributed by atoms with Crippen molar-refractivity contribution in [2.75, 3.05) is 11.9 Å². The van der Waals surface area contributed by atoms with Crippen LogP contribution in [0.5, 0.6) is 5.75 Å². The molecule has 1 aromatic heterocycles. The Morgan fingerprint density at radius 3 is 2.79 bits per heavy atom. The molecule has 0 radical (unpaired) electrons. The minimum absolute atomic E-state index is 0.203. The quantitative estimate of drug-likeness (QED) is 0.710. The van der Waals surface area contributed by atoms with Gasteiger partial charge in [-0.05, 0) is 30.3 Å². The molecule has 0 bridgehead atoms. The van der Waals surface area contributed by atoms with Gasteiger partial charge in [-0.15, -0.1) is 10.2 Å². The van der Waals surface area contributed by atoms with Crippen molar-refractivity contribution < 1.29 is 18.3 Å². The molecule has 1 aliphatic rings. The number of carbonyl (C=O) groups is 1. The third-order valence-corrected chi connectivity index (χ3v) is 4.49. The molecule has 0 spiro atoms. The fourth-order valence-electron chi connectivity index (χ4n) is 3.07. The number of aromatic nitrogens is 2. The molecule has 2 N–H and O–H groups in total. The molecular formula is C20H19FN4O3. The van der Waals surface area contributed by atoms with Gasteiger partial charge in [0.05, 0.1) is 12.6 Å². The second-order valence-corrected chi connectivity index (χ2v) is 6.38. The summed E-state index contributed by atoms with van der Waals surface area (Å²) in [7, 11) is 0. The van der Waals surface area contributed by atoms with Gasteiger partial charge in [-0.1, -0.05) is 19.1 Å². The number of ether oxygens (including phenoxy) is 1. The molecule has 8 heteroatoms. The lowest BCUT2D eigenvalue weighted by molar-refractivity contribution is 0.227. The number of nitrogens with zero attached hydrogens (tertiary/aromatic N) is 2. The maximum atomic E-state index is 13.9. The largest absolute Gasteiger partial charge is 0.490 e. The van der Waals surface area contributed by atoms with Crippen LogP contribution in [0.1, 0.15) is 30.8 Å². The van der Waals surface area contributed by atoms with Gasteiger partial charge in [0, 0.05) is 29.7 Å². The molecule has 1 aliphatic heterocycles. The van der Waals surface area contributed by atoms with E-state index in [1.54, 1.807) is 36.4 Å². The van der Waals surface area contributed by atoms with E-state index in [4.69, 9.17) is 9.15 Å². The summed E-state index contributed by atoms with van der Waals surface area (Å²) in [6.07, 6.45) is 1.24. The number of amides is 2. The van der Waals surface area contributed by atoms with Crippen LogP contribution in [0, 0.1) is 5.82 Å². The highest BCUT2D eigenvalue weighted by atomic mass is 19.1. The van der Waals surface area contributed by atoms with Crippen LogP contribution in [0.2, 0.25) is 0 Å². The van der Waals surface area contributed by atoms with E-state index in [9.17, 15) is 9.18 Å². The molecule has 7 nitrogen and oxygen atoms in total. The molecule has 2 heterocycles. The molecule has 0 saturated heterocycles. The topological polar surface area (TPSA) is 89.3 Å². The maximum absolute atomic E-state index is 13.9. The van der Waals surface area contributed by atoms with Crippen LogP contribution >= 0.6 is 0 Å². The van der Waals surface area contributed by atoms with Crippen molar-refractivity contribution >= 4 is 11.7 Å². The first-order chi connectivity index (χ1) is 13.6. The summed E-state index contributed by atoms with van der Waals surface area (Å²) in [5.74, 6) is 0.792. The number of aryl methyl sites for hydroxylation is 1. The van der Waals surface area contributed by atoms with E-state index < -0.39 is 5.82 Å². The van der Waals surface area contributed by atoms with Gasteiger partial charge in [-0.3, -0.25) is 0 Å². The van der Waals surface area contributed by atoms with Crippen molar-refractivity contribution in [2.45, 2.75) is 25.8 Å². The third-order valence-electron chi connectivity index (χ3n) is 4.49. The molecule has 0 unspecified atom stereocenters. The fraction of sp³-hybridized carbons (Fsp3) is 0.250. The average Bonchev–Trinajstić information content (AvgIpc) is 3.19. The van der Waals surface area contributed by atoms with Crippen LogP contribution < -0.4 is 15.4 Å². The highest BCUT2D eigenvalue weighted by molar-refractivity contribution is 5.89. The van der Waals surface area contributed by atoms with Crippen LogP contribution in [0.15, 0.2) is 46.9 Å². The number of nitrogens with one attached hydrogen (secondary N) is 2. The lowest BCUT2D eigenvalue weighted by Gasteiger charge is -2.27. The number of hydrogen-bond acceptors (Lipinski definition) is 5. The second-order valence-electron chi connectivity index (χ2n) is 6.38. The Morgan fingerprint density at radius 2 is 2.04 bits per heavy atom.